The van der Waals surface area contributed by atoms with Gasteiger partial charge in [0.25, 0.3) is 0 Å². The Morgan fingerprint density at radius 2 is 1.79 bits per heavy atom. The Kier molecular flexibility index (Phi) is 6.22. The van der Waals surface area contributed by atoms with Gasteiger partial charge in [-0.1, -0.05) is 36.8 Å². The molecule has 19 heavy (non-hydrogen) atoms. The van der Waals surface area contributed by atoms with Crippen LogP contribution in [0, 0.1) is 6.92 Å². The van der Waals surface area contributed by atoms with Gasteiger partial charge in [0.15, 0.2) is 5.78 Å². The zero-order chi connectivity index (χ0) is 14.3. The number of nitrogens with zero attached hydrogens (tertiary/aromatic N) is 1. The van der Waals surface area contributed by atoms with E-state index in [0.29, 0.717) is 12.1 Å². The normalized spacial score (nSPS) is 10.5. The number of hydrogen-bond acceptors (Lipinski definition) is 3. The second kappa shape index (κ2) is 7.69. The lowest BCUT2D eigenvalue weighted by Gasteiger charge is -2.15. The van der Waals surface area contributed by atoms with Gasteiger partial charge in [-0.05, 0) is 20.4 Å². The summed E-state index contributed by atoms with van der Waals surface area (Å²) in [5.41, 5.74) is 1.82. The highest BCUT2D eigenvalue weighted by Gasteiger charge is 2.11. The zero-order valence-corrected chi connectivity index (χ0v) is 11.9. The van der Waals surface area contributed by atoms with Gasteiger partial charge in [-0.15, -0.1) is 0 Å². The zero-order valence-electron chi connectivity index (χ0n) is 11.9. The van der Waals surface area contributed by atoms with Crippen molar-refractivity contribution in [3.05, 3.63) is 35.4 Å². The highest BCUT2D eigenvalue weighted by Crippen LogP contribution is 2.04. The van der Waals surface area contributed by atoms with Crippen LogP contribution in [0.5, 0.6) is 0 Å². The predicted octanol–water partition coefficient (Wildman–Crippen LogP) is 1.64. The molecule has 0 unspecified atom stereocenters. The number of rotatable bonds is 7. The van der Waals surface area contributed by atoms with Gasteiger partial charge in [-0.3, -0.25) is 14.5 Å². The van der Waals surface area contributed by atoms with E-state index in [1.54, 1.807) is 11.9 Å². The predicted molar refractivity (Wildman–Crippen MR) is 76.3 cm³/mol. The van der Waals surface area contributed by atoms with Crippen molar-refractivity contribution in [2.45, 2.75) is 20.3 Å². The molecule has 0 aliphatic rings. The van der Waals surface area contributed by atoms with Crippen LogP contribution in [0.4, 0.5) is 0 Å². The summed E-state index contributed by atoms with van der Waals surface area (Å²) in [6.07, 6.45) is 0.914. The van der Waals surface area contributed by atoms with Crippen LogP contribution in [0.2, 0.25) is 0 Å². The maximum atomic E-state index is 12.0. The van der Waals surface area contributed by atoms with Crippen molar-refractivity contribution in [3.63, 3.8) is 0 Å². The third kappa shape index (κ3) is 5.66. The van der Waals surface area contributed by atoms with Crippen LogP contribution in [-0.2, 0) is 4.79 Å². The average molecular weight is 262 g/mol. The lowest BCUT2D eigenvalue weighted by atomic mass is 10.1. The van der Waals surface area contributed by atoms with Crippen molar-refractivity contribution < 1.29 is 9.59 Å². The topological polar surface area (TPSA) is 49.4 Å². The van der Waals surface area contributed by atoms with E-state index in [9.17, 15) is 9.59 Å². The fourth-order valence-electron chi connectivity index (χ4n) is 1.70. The molecule has 1 aromatic rings. The second-order valence-corrected chi connectivity index (χ2v) is 4.81. The first-order valence-corrected chi connectivity index (χ1v) is 6.58. The number of carbonyl (C=O) groups is 2. The first-order valence-electron chi connectivity index (χ1n) is 6.58. The van der Waals surface area contributed by atoms with Gasteiger partial charge < -0.3 is 5.32 Å². The molecule has 0 bridgehead atoms. The Morgan fingerprint density at radius 3 is 2.37 bits per heavy atom. The number of hydrogen-bond donors (Lipinski definition) is 1. The van der Waals surface area contributed by atoms with E-state index in [0.717, 1.165) is 12.0 Å². The molecule has 104 valence electrons. The Balaban J connectivity index is 2.43. The summed E-state index contributed by atoms with van der Waals surface area (Å²) < 4.78 is 0. The van der Waals surface area contributed by atoms with Crippen LogP contribution in [0.25, 0.3) is 0 Å². The number of benzene rings is 1. The molecule has 0 atom stereocenters. The molecule has 4 nitrogen and oxygen atoms in total. The number of ketones is 1. The quantitative estimate of drug-likeness (QED) is 0.760. The summed E-state index contributed by atoms with van der Waals surface area (Å²) in [6.45, 7) is 5.17. The molecule has 0 aromatic heterocycles. The molecular weight excluding hydrogens is 240 g/mol. The molecule has 1 aromatic carbocycles. The second-order valence-electron chi connectivity index (χ2n) is 4.81. The van der Waals surface area contributed by atoms with Gasteiger partial charge in [-0.25, -0.2) is 0 Å². The minimum absolute atomic E-state index is 0.0331. The van der Waals surface area contributed by atoms with Gasteiger partial charge in [0.05, 0.1) is 13.1 Å². The molecule has 1 rings (SSSR count). The van der Waals surface area contributed by atoms with Crippen LogP contribution in [0.3, 0.4) is 0 Å². The molecule has 1 amide bonds. The first-order chi connectivity index (χ1) is 9.02. The van der Waals surface area contributed by atoms with E-state index in [1.165, 1.54) is 0 Å². The van der Waals surface area contributed by atoms with Gasteiger partial charge in [0, 0.05) is 12.1 Å². The summed E-state index contributed by atoms with van der Waals surface area (Å²) in [5, 5.41) is 2.79. The van der Waals surface area contributed by atoms with E-state index in [-0.39, 0.29) is 24.8 Å². The summed E-state index contributed by atoms with van der Waals surface area (Å²) in [5.74, 6) is -0.00755. The Morgan fingerprint density at radius 1 is 1.16 bits per heavy atom. The number of carbonyl (C=O) groups excluding carboxylic acids is 2. The van der Waals surface area contributed by atoms with Gasteiger partial charge >= 0.3 is 0 Å². The molecule has 0 heterocycles. The van der Waals surface area contributed by atoms with Crippen LogP contribution in [-0.4, -0.2) is 43.3 Å². The van der Waals surface area contributed by atoms with Crippen LogP contribution >= 0.6 is 0 Å². The van der Waals surface area contributed by atoms with Crippen LogP contribution in [0.15, 0.2) is 24.3 Å². The highest BCUT2D eigenvalue weighted by molar-refractivity contribution is 5.97. The van der Waals surface area contributed by atoms with E-state index < -0.39 is 0 Å². The summed E-state index contributed by atoms with van der Waals surface area (Å²) in [7, 11) is 1.78. The minimum Gasteiger partial charge on any atom is -0.355 e. The Bertz CT molecular complexity index is 426. The number of likely N-dealkylation sites (N-methyl/N-ethyl adjacent to an activating group) is 1. The van der Waals surface area contributed by atoms with E-state index in [1.807, 2.05) is 38.1 Å². The molecule has 0 spiro atoms. The van der Waals surface area contributed by atoms with Gasteiger partial charge in [0.2, 0.25) is 5.91 Å². The van der Waals surface area contributed by atoms with Crippen LogP contribution < -0.4 is 5.32 Å². The summed E-state index contributed by atoms with van der Waals surface area (Å²) >= 11 is 0. The number of amides is 1. The lowest BCUT2D eigenvalue weighted by Crippen LogP contribution is -2.37. The third-order valence-corrected chi connectivity index (χ3v) is 2.77. The largest absolute Gasteiger partial charge is 0.355 e. The monoisotopic (exact) mass is 262 g/mol. The SMILES string of the molecule is CCCNC(=O)CN(C)CC(=O)c1ccc(C)cc1. The maximum Gasteiger partial charge on any atom is 0.234 e. The van der Waals surface area contributed by atoms with Crippen molar-refractivity contribution in [3.8, 4) is 0 Å². The fraction of sp³-hybridized carbons (Fsp3) is 0.467. The summed E-state index contributed by atoms with van der Waals surface area (Å²) in [6, 6.07) is 7.48. The Labute approximate surface area is 114 Å². The molecular formula is C15H22N2O2. The first kappa shape index (κ1) is 15.4. The van der Waals surface area contributed by atoms with E-state index in [2.05, 4.69) is 5.32 Å². The standard InChI is InChI=1S/C15H22N2O2/c1-4-9-16-15(19)11-17(3)10-14(18)13-7-5-12(2)6-8-13/h5-8H,4,9-11H2,1-3H3,(H,16,19). The number of nitrogens with one attached hydrogen (secondary N) is 1. The minimum atomic E-state index is -0.0407. The third-order valence-electron chi connectivity index (χ3n) is 2.77. The average Bonchev–Trinajstić information content (AvgIpc) is 2.36. The molecule has 1 N–H and O–H groups in total. The Hall–Kier alpha value is -1.68. The van der Waals surface area contributed by atoms with Gasteiger partial charge in [0.1, 0.15) is 0 Å². The van der Waals surface area contributed by atoms with E-state index in [4.69, 9.17) is 0 Å². The molecule has 0 aliphatic heterocycles. The van der Waals surface area contributed by atoms with Crippen molar-refractivity contribution in [1.82, 2.24) is 10.2 Å². The summed E-state index contributed by atoms with van der Waals surface area (Å²) in [4.78, 5) is 25.2. The number of aryl methyl sites for hydroxylation is 1. The number of Topliss-reactive ketones (excluding diaryl/α,β-unsaturated/α-hetero) is 1. The fourth-order valence-corrected chi connectivity index (χ4v) is 1.70. The van der Waals surface area contributed by atoms with Crippen molar-refractivity contribution in [2.75, 3.05) is 26.7 Å². The molecule has 0 radical (unpaired) electrons. The molecule has 0 fully saturated rings. The molecule has 4 heteroatoms. The van der Waals surface area contributed by atoms with Crippen LogP contribution in [0.1, 0.15) is 29.3 Å². The van der Waals surface area contributed by atoms with Crippen molar-refractivity contribution in [1.29, 1.82) is 0 Å². The maximum absolute atomic E-state index is 12.0. The van der Waals surface area contributed by atoms with Crippen molar-refractivity contribution >= 4 is 11.7 Å². The molecule has 0 aliphatic carbocycles. The van der Waals surface area contributed by atoms with Crippen molar-refractivity contribution in [2.24, 2.45) is 0 Å². The molecule has 0 saturated carbocycles. The molecule has 0 saturated heterocycles. The van der Waals surface area contributed by atoms with Gasteiger partial charge in [-0.2, -0.15) is 0 Å². The smallest absolute Gasteiger partial charge is 0.234 e. The van der Waals surface area contributed by atoms with E-state index >= 15 is 0 Å². The lowest BCUT2D eigenvalue weighted by molar-refractivity contribution is -0.121. The highest BCUT2D eigenvalue weighted by atomic mass is 16.2.